The summed E-state index contributed by atoms with van der Waals surface area (Å²) < 4.78 is 44.8. The molecule has 0 aliphatic carbocycles. The average Bonchev–Trinajstić information content (AvgIpc) is 3.02. The molecule has 1 unspecified atom stereocenters. The van der Waals surface area contributed by atoms with Crippen LogP contribution in [0.2, 0.25) is 0 Å². The molecule has 27 heavy (non-hydrogen) atoms. The summed E-state index contributed by atoms with van der Waals surface area (Å²) in [5.74, 6) is -3.00. The summed E-state index contributed by atoms with van der Waals surface area (Å²) in [4.78, 5) is 20.4. The second-order valence-corrected chi connectivity index (χ2v) is 7.24. The topological polar surface area (TPSA) is 104 Å². The summed E-state index contributed by atoms with van der Waals surface area (Å²) in [6.45, 7) is 0.981. The number of hydrogen-bond acceptors (Lipinski definition) is 7. The molecule has 152 valence electrons. The Bertz CT molecular complexity index is 640. The van der Waals surface area contributed by atoms with Gasteiger partial charge in [0.25, 0.3) is 0 Å². The number of carbonyl (C=O) groups is 2. The smallest absolute Gasteiger partial charge is 0.414 e. The number of thioether (sulfide) groups is 1. The Kier molecular flexibility index (Phi) is 9.74. The van der Waals surface area contributed by atoms with Gasteiger partial charge in [-0.1, -0.05) is 12.2 Å². The summed E-state index contributed by atoms with van der Waals surface area (Å²) in [6, 6.07) is 0.134. The molecule has 0 bridgehead atoms. The van der Waals surface area contributed by atoms with Crippen LogP contribution < -0.4 is 0 Å². The minimum atomic E-state index is -4.05. The van der Waals surface area contributed by atoms with E-state index in [9.17, 15) is 13.2 Å². The highest BCUT2D eigenvalue weighted by Gasteiger charge is 2.26. The Morgan fingerprint density at radius 3 is 2.52 bits per heavy atom. The molecule has 0 radical (unpaired) electrons. The van der Waals surface area contributed by atoms with Crippen molar-refractivity contribution in [3.8, 4) is 0 Å². The number of nitrogens with zero attached hydrogens (tertiary/aromatic N) is 3. The lowest BCUT2D eigenvalue weighted by Crippen LogP contribution is -2.27. The van der Waals surface area contributed by atoms with E-state index in [-0.39, 0.29) is 12.5 Å². The fourth-order valence-electron chi connectivity index (χ4n) is 2.15. The highest BCUT2D eigenvalue weighted by atomic mass is 32.2. The number of rotatable bonds is 6. The molecule has 1 aliphatic rings. The van der Waals surface area contributed by atoms with Crippen molar-refractivity contribution in [1.82, 2.24) is 13.6 Å². The molecule has 12 heteroatoms. The quantitative estimate of drug-likeness (QED) is 0.308. The summed E-state index contributed by atoms with van der Waals surface area (Å²) in [5, 5.41) is 15.6. The molecule has 1 aromatic heterocycles. The minimum Gasteiger partial charge on any atom is -0.473 e. The molecule has 0 spiro atoms. The molecule has 1 aromatic rings. The van der Waals surface area contributed by atoms with Gasteiger partial charge in [-0.15, -0.1) is 11.8 Å². The van der Waals surface area contributed by atoms with E-state index >= 15 is 0 Å². The summed E-state index contributed by atoms with van der Waals surface area (Å²) in [5.41, 5.74) is 0.930. The molecule has 0 fully saturated rings. The Hall–Kier alpha value is -1.66. The van der Waals surface area contributed by atoms with Gasteiger partial charge in [-0.05, 0) is 32.1 Å². The molecule has 2 N–H and O–H groups in total. The average molecular weight is 427 g/mol. The maximum absolute atomic E-state index is 12.1. The van der Waals surface area contributed by atoms with E-state index in [1.165, 1.54) is 23.5 Å². The highest BCUT2D eigenvalue weighted by molar-refractivity contribution is 7.99. The predicted octanol–water partition coefficient (Wildman–Crippen LogP) is 3.45. The van der Waals surface area contributed by atoms with Crippen molar-refractivity contribution >= 4 is 35.4 Å². The van der Waals surface area contributed by atoms with E-state index in [2.05, 4.69) is 25.8 Å². The van der Waals surface area contributed by atoms with Crippen molar-refractivity contribution in [2.75, 3.05) is 19.3 Å². The van der Waals surface area contributed by atoms with Crippen LogP contribution in [-0.2, 0) is 9.59 Å². The molecule has 0 aromatic carbocycles. The molecule has 7 nitrogen and oxygen atoms in total. The number of likely N-dealkylation sites (N-methyl/N-ethyl adjacent to an activating group) is 1. The van der Waals surface area contributed by atoms with Gasteiger partial charge < -0.3 is 10.2 Å². The van der Waals surface area contributed by atoms with Gasteiger partial charge in [-0.25, -0.2) is 9.59 Å². The van der Waals surface area contributed by atoms with Gasteiger partial charge in [-0.2, -0.15) is 21.9 Å². The Labute approximate surface area is 162 Å². The molecule has 0 saturated carbocycles. The Balaban J connectivity index is 0.000000527. The number of hydrogen-bond donors (Lipinski definition) is 2. The van der Waals surface area contributed by atoms with Crippen molar-refractivity contribution in [3.05, 3.63) is 17.8 Å². The van der Waals surface area contributed by atoms with Gasteiger partial charge in [0.1, 0.15) is 10.7 Å². The molecular formula is C15H20F3N3O4S2. The molecule has 2 heterocycles. The van der Waals surface area contributed by atoms with E-state index in [4.69, 9.17) is 19.8 Å². The van der Waals surface area contributed by atoms with Gasteiger partial charge in [0, 0.05) is 13.0 Å². The lowest BCUT2D eigenvalue weighted by molar-refractivity contribution is -0.159. The minimum absolute atomic E-state index is 0.134. The van der Waals surface area contributed by atoms with E-state index in [1.807, 2.05) is 7.05 Å². The predicted molar refractivity (Wildman–Crippen MR) is 94.9 cm³/mol. The SMILES string of the molecule is CN1CCC=CC1c1nsnc1SCCCCC(F)(F)F.O=C(O)C(=O)O. The number of halogens is 3. The lowest BCUT2D eigenvalue weighted by atomic mass is 10.1. The van der Waals surface area contributed by atoms with Crippen LogP contribution in [0.25, 0.3) is 0 Å². The summed E-state index contributed by atoms with van der Waals surface area (Å²) >= 11 is 2.68. The maximum Gasteiger partial charge on any atom is 0.414 e. The summed E-state index contributed by atoms with van der Waals surface area (Å²) in [6.07, 6.45) is 1.25. The van der Waals surface area contributed by atoms with E-state index in [0.29, 0.717) is 12.2 Å². The number of carboxylic acids is 2. The third-order valence-electron chi connectivity index (χ3n) is 3.48. The van der Waals surface area contributed by atoms with Gasteiger partial charge in [0.15, 0.2) is 0 Å². The van der Waals surface area contributed by atoms with Crippen molar-refractivity contribution < 1.29 is 33.0 Å². The van der Waals surface area contributed by atoms with Crippen LogP contribution in [0.1, 0.15) is 37.4 Å². The van der Waals surface area contributed by atoms with Crippen LogP contribution in [0, 0.1) is 0 Å². The second-order valence-electron chi connectivity index (χ2n) is 5.63. The van der Waals surface area contributed by atoms with Crippen LogP contribution >= 0.6 is 23.5 Å². The van der Waals surface area contributed by atoms with Gasteiger partial charge in [0.05, 0.1) is 17.8 Å². The van der Waals surface area contributed by atoms with Gasteiger partial charge in [-0.3, -0.25) is 4.90 Å². The zero-order valence-corrected chi connectivity index (χ0v) is 16.1. The van der Waals surface area contributed by atoms with E-state index < -0.39 is 24.5 Å². The van der Waals surface area contributed by atoms with Crippen LogP contribution in [0.15, 0.2) is 17.2 Å². The number of carboxylic acid groups (broad SMARTS) is 2. The first-order chi connectivity index (χ1) is 12.6. The number of aliphatic carboxylic acids is 2. The largest absolute Gasteiger partial charge is 0.473 e. The highest BCUT2D eigenvalue weighted by Crippen LogP contribution is 2.32. The first kappa shape index (κ1) is 23.4. The Morgan fingerprint density at radius 1 is 1.30 bits per heavy atom. The first-order valence-electron chi connectivity index (χ1n) is 7.97. The van der Waals surface area contributed by atoms with Crippen LogP contribution in [0.5, 0.6) is 0 Å². The number of alkyl halides is 3. The first-order valence-corrected chi connectivity index (χ1v) is 9.68. The van der Waals surface area contributed by atoms with Crippen LogP contribution in [0.3, 0.4) is 0 Å². The third kappa shape index (κ3) is 9.20. The fourth-order valence-corrected chi connectivity index (χ4v) is 3.87. The zero-order chi connectivity index (χ0) is 20.4. The molecule has 1 aliphatic heterocycles. The fraction of sp³-hybridized carbons (Fsp3) is 0.600. The van der Waals surface area contributed by atoms with E-state index in [1.54, 1.807) is 0 Å². The molecule has 2 rings (SSSR count). The second kappa shape index (κ2) is 11.2. The van der Waals surface area contributed by atoms with E-state index in [0.717, 1.165) is 23.7 Å². The maximum atomic E-state index is 12.1. The molecular weight excluding hydrogens is 407 g/mol. The number of unbranched alkanes of at least 4 members (excludes halogenated alkanes) is 1. The molecule has 1 atom stereocenters. The van der Waals surface area contributed by atoms with Crippen molar-refractivity contribution in [2.24, 2.45) is 0 Å². The van der Waals surface area contributed by atoms with Gasteiger partial charge in [0.2, 0.25) is 0 Å². The van der Waals surface area contributed by atoms with Crippen molar-refractivity contribution in [1.29, 1.82) is 0 Å². The standard InChI is InChI=1S/C13H18F3N3S2.C2H2O4/c1-19-8-4-2-6-10(19)11-12(18-21-17-11)20-9-5-3-7-13(14,15)16;3-1(4)2(5)6/h2,6,10H,3-5,7-9H2,1H3;(H,3,4)(H,5,6). The lowest BCUT2D eigenvalue weighted by Gasteiger charge is -2.27. The zero-order valence-electron chi connectivity index (χ0n) is 14.5. The molecule has 0 amide bonds. The van der Waals surface area contributed by atoms with Crippen LogP contribution in [0.4, 0.5) is 13.2 Å². The normalized spacial score (nSPS) is 17.3. The monoisotopic (exact) mass is 427 g/mol. The van der Waals surface area contributed by atoms with Crippen molar-refractivity contribution in [2.45, 2.75) is 42.9 Å². The van der Waals surface area contributed by atoms with Crippen LogP contribution in [-0.4, -0.2) is 61.3 Å². The third-order valence-corrected chi connectivity index (χ3v) is 5.21. The number of aromatic nitrogens is 2. The van der Waals surface area contributed by atoms with Crippen molar-refractivity contribution in [3.63, 3.8) is 0 Å². The van der Waals surface area contributed by atoms with Gasteiger partial charge >= 0.3 is 18.1 Å². The summed E-state index contributed by atoms with van der Waals surface area (Å²) in [7, 11) is 2.05. The Morgan fingerprint density at radius 2 is 1.96 bits per heavy atom. The molecule has 0 saturated heterocycles.